The molecule has 2 N–H and O–H groups in total. The van der Waals surface area contributed by atoms with Gasteiger partial charge in [-0.15, -0.1) is 0 Å². The number of halogens is 1. The molecule has 0 radical (unpaired) electrons. The van der Waals surface area contributed by atoms with Crippen molar-refractivity contribution in [3.8, 4) is 0 Å². The van der Waals surface area contributed by atoms with Gasteiger partial charge in [-0.1, -0.05) is 18.2 Å². The first-order chi connectivity index (χ1) is 7.29. The molecule has 0 aliphatic carbocycles. The predicted molar refractivity (Wildman–Crippen MR) is 56.3 cm³/mol. The van der Waals surface area contributed by atoms with Crippen LogP contribution in [0.25, 0.3) is 0 Å². The van der Waals surface area contributed by atoms with Gasteiger partial charge < -0.3 is 10.5 Å². The first-order valence-electron chi connectivity index (χ1n) is 4.92. The van der Waals surface area contributed by atoms with Gasteiger partial charge in [-0.2, -0.15) is 0 Å². The summed E-state index contributed by atoms with van der Waals surface area (Å²) in [6.07, 6.45) is 0.566. The van der Waals surface area contributed by atoms with Crippen molar-refractivity contribution in [1.29, 1.82) is 0 Å². The van der Waals surface area contributed by atoms with Crippen LogP contribution in [-0.4, -0.2) is 25.1 Å². The molecule has 0 saturated carbocycles. The van der Waals surface area contributed by atoms with Crippen LogP contribution < -0.4 is 5.73 Å². The van der Waals surface area contributed by atoms with Crippen LogP contribution in [0.3, 0.4) is 0 Å². The molecule has 0 saturated heterocycles. The van der Waals surface area contributed by atoms with Gasteiger partial charge in [0.05, 0.1) is 12.6 Å². The molecule has 0 fully saturated rings. The number of hydrogen-bond acceptors (Lipinski definition) is 3. The van der Waals surface area contributed by atoms with Crippen LogP contribution >= 0.6 is 0 Å². The lowest BCUT2D eigenvalue weighted by Gasteiger charge is -2.05. The highest BCUT2D eigenvalue weighted by atomic mass is 19.1. The van der Waals surface area contributed by atoms with Gasteiger partial charge in [0.15, 0.2) is 5.90 Å². The van der Waals surface area contributed by atoms with Crippen molar-refractivity contribution in [1.82, 2.24) is 0 Å². The topological polar surface area (TPSA) is 47.6 Å². The van der Waals surface area contributed by atoms with Crippen LogP contribution in [0, 0.1) is 5.82 Å². The Balaban J connectivity index is 2.04. The van der Waals surface area contributed by atoms with Gasteiger partial charge >= 0.3 is 0 Å². The van der Waals surface area contributed by atoms with Crippen molar-refractivity contribution in [2.45, 2.75) is 12.5 Å². The van der Waals surface area contributed by atoms with Gasteiger partial charge in [0.1, 0.15) is 12.4 Å². The van der Waals surface area contributed by atoms with Crippen LogP contribution in [0.1, 0.15) is 5.56 Å². The van der Waals surface area contributed by atoms with Gasteiger partial charge in [-0.05, 0) is 11.6 Å². The average molecular weight is 208 g/mol. The molecule has 15 heavy (non-hydrogen) atoms. The van der Waals surface area contributed by atoms with E-state index in [-0.39, 0.29) is 11.9 Å². The van der Waals surface area contributed by atoms with E-state index in [1.165, 1.54) is 6.07 Å². The summed E-state index contributed by atoms with van der Waals surface area (Å²) in [6.45, 7) is 0.814. The lowest BCUT2D eigenvalue weighted by Crippen LogP contribution is -2.13. The minimum atomic E-state index is -0.186. The highest BCUT2D eigenvalue weighted by molar-refractivity contribution is 5.79. The predicted octanol–water partition coefficient (Wildman–Crippen LogP) is 1.12. The zero-order chi connectivity index (χ0) is 10.7. The molecule has 0 spiro atoms. The van der Waals surface area contributed by atoms with Crippen LogP contribution in [0.2, 0.25) is 0 Å². The Morgan fingerprint density at radius 3 is 2.93 bits per heavy atom. The molecule has 1 heterocycles. The molecule has 1 aliphatic heterocycles. The molecule has 1 atom stereocenters. The molecule has 4 heteroatoms. The SMILES string of the molecule is NCC1=NC(Cc2ccccc2F)CO1. The summed E-state index contributed by atoms with van der Waals surface area (Å²) < 4.78 is 18.5. The van der Waals surface area contributed by atoms with Gasteiger partial charge in [-0.3, -0.25) is 0 Å². The maximum absolute atomic E-state index is 13.3. The van der Waals surface area contributed by atoms with Crippen molar-refractivity contribution >= 4 is 5.90 Å². The van der Waals surface area contributed by atoms with E-state index in [1.807, 2.05) is 6.07 Å². The lowest BCUT2D eigenvalue weighted by molar-refractivity contribution is 0.311. The molecule has 1 unspecified atom stereocenters. The fourth-order valence-corrected chi connectivity index (χ4v) is 1.60. The third-order valence-electron chi connectivity index (χ3n) is 2.36. The van der Waals surface area contributed by atoms with E-state index in [1.54, 1.807) is 12.1 Å². The van der Waals surface area contributed by atoms with Crippen LogP contribution in [0.15, 0.2) is 29.3 Å². The Morgan fingerprint density at radius 2 is 2.27 bits per heavy atom. The monoisotopic (exact) mass is 208 g/mol. The summed E-state index contributed by atoms with van der Waals surface area (Å²) in [4.78, 5) is 4.25. The maximum atomic E-state index is 13.3. The largest absolute Gasteiger partial charge is 0.478 e. The highest BCUT2D eigenvalue weighted by Crippen LogP contribution is 2.14. The van der Waals surface area contributed by atoms with E-state index in [2.05, 4.69) is 4.99 Å². The van der Waals surface area contributed by atoms with Gasteiger partial charge in [0.2, 0.25) is 0 Å². The summed E-state index contributed by atoms with van der Waals surface area (Å²) >= 11 is 0. The van der Waals surface area contributed by atoms with E-state index in [4.69, 9.17) is 10.5 Å². The highest BCUT2D eigenvalue weighted by Gasteiger charge is 2.19. The average Bonchev–Trinajstić information content (AvgIpc) is 2.69. The van der Waals surface area contributed by atoms with Crippen molar-refractivity contribution < 1.29 is 9.13 Å². The molecular formula is C11H13FN2O. The molecular weight excluding hydrogens is 195 g/mol. The number of hydrogen-bond donors (Lipinski definition) is 1. The standard InChI is InChI=1S/C11H13FN2O/c12-10-4-2-1-3-8(10)5-9-7-15-11(6-13)14-9/h1-4,9H,5-7,13H2. The smallest absolute Gasteiger partial charge is 0.197 e. The summed E-state index contributed by atoms with van der Waals surface area (Å²) in [5.41, 5.74) is 6.06. The molecule has 1 aromatic rings. The minimum absolute atomic E-state index is 0.000417. The number of ether oxygens (including phenoxy) is 1. The summed E-state index contributed by atoms with van der Waals surface area (Å²) in [5.74, 6) is 0.380. The first-order valence-corrected chi connectivity index (χ1v) is 4.92. The third-order valence-corrected chi connectivity index (χ3v) is 2.36. The van der Waals surface area contributed by atoms with Crippen molar-refractivity contribution in [2.24, 2.45) is 10.7 Å². The third kappa shape index (κ3) is 2.33. The number of nitrogens with zero attached hydrogens (tertiary/aromatic N) is 1. The maximum Gasteiger partial charge on any atom is 0.197 e. The quantitative estimate of drug-likeness (QED) is 0.809. The van der Waals surface area contributed by atoms with Crippen LogP contribution in [0.4, 0.5) is 4.39 Å². The van der Waals surface area contributed by atoms with Crippen LogP contribution in [-0.2, 0) is 11.2 Å². The van der Waals surface area contributed by atoms with E-state index in [9.17, 15) is 4.39 Å². The molecule has 1 aliphatic rings. The second-order valence-corrected chi connectivity index (χ2v) is 3.49. The lowest BCUT2D eigenvalue weighted by atomic mass is 10.1. The van der Waals surface area contributed by atoms with E-state index in [0.717, 1.165) is 0 Å². The molecule has 0 amide bonds. The zero-order valence-corrected chi connectivity index (χ0v) is 8.32. The normalized spacial score (nSPS) is 19.9. The molecule has 2 rings (SSSR count). The number of benzene rings is 1. The van der Waals surface area contributed by atoms with Crippen molar-refractivity contribution in [3.05, 3.63) is 35.6 Å². The van der Waals surface area contributed by atoms with Crippen molar-refractivity contribution in [2.75, 3.05) is 13.2 Å². The molecule has 3 nitrogen and oxygen atoms in total. The van der Waals surface area contributed by atoms with Crippen LogP contribution in [0.5, 0.6) is 0 Å². The number of nitrogens with two attached hydrogens (primary N) is 1. The Morgan fingerprint density at radius 1 is 1.47 bits per heavy atom. The molecule has 0 bridgehead atoms. The number of rotatable bonds is 3. The molecule has 80 valence electrons. The Hall–Kier alpha value is -1.42. The second kappa shape index (κ2) is 4.40. The van der Waals surface area contributed by atoms with Gasteiger partial charge in [-0.25, -0.2) is 9.38 Å². The summed E-state index contributed by atoms with van der Waals surface area (Å²) in [7, 11) is 0. The Kier molecular flexibility index (Phi) is 2.97. The fraction of sp³-hybridized carbons (Fsp3) is 0.364. The van der Waals surface area contributed by atoms with E-state index in [0.29, 0.717) is 31.0 Å². The van der Waals surface area contributed by atoms with Gasteiger partial charge in [0, 0.05) is 6.42 Å². The molecule has 0 aromatic heterocycles. The first kappa shape index (κ1) is 10.1. The minimum Gasteiger partial charge on any atom is -0.478 e. The zero-order valence-electron chi connectivity index (χ0n) is 8.32. The van der Waals surface area contributed by atoms with Crippen molar-refractivity contribution in [3.63, 3.8) is 0 Å². The van der Waals surface area contributed by atoms with E-state index < -0.39 is 0 Å². The van der Waals surface area contributed by atoms with E-state index >= 15 is 0 Å². The second-order valence-electron chi connectivity index (χ2n) is 3.49. The Bertz CT molecular complexity index is 379. The Labute approximate surface area is 87.8 Å². The summed E-state index contributed by atoms with van der Waals surface area (Å²) in [5, 5.41) is 0. The molecule has 1 aromatic carbocycles. The number of aliphatic imine (C=N–C) groups is 1. The fourth-order valence-electron chi connectivity index (χ4n) is 1.60. The summed E-state index contributed by atoms with van der Waals surface area (Å²) in [6, 6.07) is 6.73. The van der Waals surface area contributed by atoms with Gasteiger partial charge in [0.25, 0.3) is 0 Å².